The zero-order valence-corrected chi connectivity index (χ0v) is 11.1. The second-order valence-corrected chi connectivity index (χ2v) is 4.78. The third-order valence-corrected chi connectivity index (χ3v) is 3.30. The van der Waals surface area contributed by atoms with Crippen LogP contribution in [0.4, 0.5) is 0 Å². The van der Waals surface area contributed by atoms with Crippen LogP contribution >= 0.6 is 11.8 Å². The van der Waals surface area contributed by atoms with E-state index >= 15 is 0 Å². The first kappa shape index (κ1) is 14.2. The molecule has 2 N–H and O–H groups in total. The lowest BCUT2D eigenvalue weighted by Gasteiger charge is -2.10. The van der Waals surface area contributed by atoms with E-state index in [1.807, 2.05) is 30.5 Å². The average molecular weight is 253 g/mol. The number of carbonyl (C=O) groups excluding carboxylic acids is 1. The minimum atomic E-state index is -0.123. The number of methoxy groups -OCH3 is 1. The van der Waals surface area contributed by atoms with Crippen molar-refractivity contribution in [1.82, 2.24) is 0 Å². The van der Waals surface area contributed by atoms with E-state index in [2.05, 4.69) is 0 Å². The maximum atomic E-state index is 11.9. The number of ether oxygens (including phenoxy) is 1. The second kappa shape index (κ2) is 7.48. The lowest BCUT2D eigenvalue weighted by Crippen LogP contribution is -2.25. The number of hydrogen-bond acceptors (Lipinski definition) is 4. The van der Waals surface area contributed by atoms with Crippen molar-refractivity contribution in [3.63, 3.8) is 0 Å². The van der Waals surface area contributed by atoms with Gasteiger partial charge in [0, 0.05) is 36.6 Å². The first-order chi connectivity index (χ1) is 8.17. The van der Waals surface area contributed by atoms with E-state index in [0.29, 0.717) is 19.4 Å². The highest BCUT2D eigenvalue weighted by molar-refractivity contribution is 7.98. The van der Waals surface area contributed by atoms with Crippen LogP contribution < -0.4 is 5.73 Å². The van der Waals surface area contributed by atoms with Gasteiger partial charge in [0.1, 0.15) is 0 Å². The minimum Gasteiger partial charge on any atom is -0.385 e. The highest BCUT2D eigenvalue weighted by atomic mass is 32.2. The van der Waals surface area contributed by atoms with Gasteiger partial charge in [-0.15, -0.1) is 11.8 Å². The average Bonchev–Trinajstić information content (AvgIpc) is 2.36. The molecule has 94 valence electrons. The summed E-state index contributed by atoms with van der Waals surface area (Å²) in [5, 5.41) is 0. The molecule has 1 rings (SSSR count). The highest BCUT2D eigenvalue weighted by Gasteiger charge is 2.11. The molecule has 3 nitrogen and oxygen atoms in total. The maximum absolute atomic E-state index is 11.9. The summed E-state index contributed by atoms with van der Waals surface area (Å²) in [6.45, 7) is 0.597. The van der Waals surface area contributed by atoms with E-state index in [1.54, 1.807) is 18.9 Å². The van der Waals surface area contributed by atoms with Gasteiger partial charge in [0.05, 0.1) is 0 Å². The van der Waals surface area contributed by atoms with Crippen molar-refractivity contribution in [3.05, 3.63) is 29.8 Å². The van der Waals surface area contributed by atoms with Crippen molar-refractivity contribution in [2.24, 2.45) is 5.73 Å². The fourth-order valence-electron chi connectivity index (χ4n) is 1.50. The Balaban J connectivity index is 2.51. The molecule has 17 heavy (non-hydrogen) atoms. The summed E-state index contributed by atoms with van der Waals surface area (Å²) in [7, 11) is 1.63. The molecule has 0 aliphatic rings. The van der Waals surface area contributed by atoms with Crippen LogP contribution in [0.25, 0.3) is 0 Å². The molecular formula is C13H19NO2S. The Bertz CT molecular complexity index is 351. The van der Waals surface area contributed by atoms with Crippen LogP contribution in [-0.2, 0) is 4.74 Å². The van der Waals surface area contributed by atoms with E-state index < -0.39 is 0 Å². The first-order valence-electron chi connectivity index (χ1n) is 5.59. The van der Waals surface area contributed by atoms with Gasteiger partial charge in [-0.3, -0.25) is 4.79 Å². The topological polar surface area (TPSA) is 52.3 Å². The Kier molecular flexibility index (Phi) is 6.26. The van der Waals surface area contributed by atoms with Crippen molar-refractivity contribution in [2.45, 2.75) is 23.8 Å². The van der Waals surface area contributed by atoms with Crippen LogP contribution in [0.1, 0.15) is 23.2 Å². The van der Waals surface area contributed by atoms with Gasteiger partial charge in [0.15, 0.2) is 5.78 Å². The van der Waals surface area contributed by atoms with Crippen LogP contribution in [0, 0.1) is 0 Å². The zero-order chi connectivity index (χ0) is 12.7. The van der Waals surface area contributed by atoms with Gasteiger partial charge in [-0.25, -0.2) is 0 Å². The van der Waals surface area contributed by atoms with Crippen LogP contribution in [0.5, 0.6) is 0 Å². The van der Waals surface area contributed by atoms with E-state index in [4.69, 9.17) is 10.5 Å². The lowest BCUT2D eigenvalue weighted by molar-refractivity contribution is 0.0967. The van der Waals surface area contributed by atoms with Gasteiger partial charge in [-0.05, 0) is 24.8 Å². The standard InChI is InChI=1S/C13H19NO2S/c1-16-8-7-11(14)9-13(15)10-3-5-12(17-2)6-4-10/h3-6,11H,7-9,14H2,1-2H3. The summed E-state index contributed by atoms with van der Waals surface area (Å²) in [6.07, 6.45) is 3.10. The molecule has 0 fully saturated rings. The molecule has 0 spiro atoms. The fraction of sp³-hybridized carbons (Fsp3) is 0.462. The van der Waals surface area contributed by atoms with Crippen molar-refractivity contribution in [3.8, 4) is 0 Å². The summed E-state index contributed by atoms with van der Waals surface area (Å²) in [5.41, 5.74) is 6.58. The van der Waals surface area contributed by atoms with E-state index in [0.717, 1.165) is 10.5 Å². The molecule has 0 saturated heterocycles. The van der Waals surface area contributed by atoms with Gasteiger partial charge in [-0.1, -0.05) is 12.1 Å². The Morgan fingerprint density at radius 1 is 1.41 bits per heavy atom. The van der Waals surface area contributed by atoms with Crippen molar-refractivity contribution >= 4 is 17.5 Å². The van der Waals surface area contributed by atoms with Crippen LogP contribution in [0.15, 0.2) is 29.2 Å². The van der Waals surface area contributed by atoms with Crippen LogP contribution in [-0.4, -0.2) is 31.8 Å². The number of ketones is 1. The lowest BCUT2D eigenvalue weighted by atomic mass is 10.0. The predicted octanol–water partition coefficient (Wildman–Crippen LogP) is 2.35. The maximum Gasteiger partial charge on any atom is 0.164 e. The molecule has 0 aliphatic heterocycles. The SMILES string of the molecule is COCCC(N)CC(=O)c1ccc(SC)cc1. The molecule has 1 aromatic rings. The Morgan fingerprint density at radius 3 is 2.59 bits per heavy atom. The summed E-state index contributed by atoms with van der Waals surface area (Å²) >= 11 is 1.66. The molecule has 0 aliphatic carbocycles. The van der Waals surface area contributed by atoms with Crippen LogP contribution in [0.3, 0.4) is 0 Å². The van der Waals surface area contributed by atoms with Gasteiger partial charge < -0.3 is 10.5 Å². The van der Waals surface area contributed by atoms with Gasteiger partial charge >= 0.3 is 0 Å². The quantitative estimate of drug-likeness (QED) is 0.598. The predicted molar refractivity (Wildman–Crippen MR) is 71.6 cm³/mol. The Morgan fingerprint density at radius 2 is 2.06 bits per heavy atom. The molecule has 0 saturated carbocycles. The van der Waals surface area contributed by atoms with E-state index in [-0.39, 0.29) is 11.8 Å². The molecule has 0 heterocycles. The van der Waals surface area contributed by atoms with Gasteiger partial charge in [0.2, 0.25) is 0 Å². The molecule has 1 aromatic carbocycles. The number of nitrogens with two attached hydrogens (primary N) is 1. The molecule has 0 aromatic heterocycles. The molecule has 0 radical (unpaired) electrons. The molecule has 1 unspecified atom stereocenters. The van der Waals surface area contributed by atoms with Crippen molar-refractivity contribution in [1.29, 1.82) is 0 Å². The van der Waals surface area contributed by atoms with Crippen LogP contribution in [0.2, 0.25) is 0 Å². The molecule has 1 atom stereocenters. The van der Waals surface area contributed by atoms with Crippen molar-refractivity contribution in [2.75, 3.05) is 20.0 Å². The summed E-state index contributed by atoms with van der Waals surface area (Å²) in [6, 6.07) is 7.51. The number of hydrogen-bond donors (Lipinski definition) is 1. The minimum absolute atomic E-state index is 0.0984. The molecular weight excluding hydrogens is 234 g/mol. The van der Waals surface area contributed by atoms with Gasteiger partial charge in [0.25, 0.3) is 0 Å². The highest BCUT2D eigenvalue weighted by Crippen LogP contribution is 2.16. The number of Topliss-reactive ketones (excluding diaryl/α,β-unsaturated/α-hetero) is 1. The summed E-state index contributed by atoms with van der Waals surface area (Å²) in [4.78, 5) is 13.0. The fourth-order valence-corrected chi connectivity index (χ4v) is 1.91. The molecule has 4 heteroatoms. The largest absolute Gasteiger partial charge is 0.385 e. The summed E-state index contributed by atoms with van der Waals surface area (Å²) in [5.74, 6) is 0.0984. The molecule has 0 bridgehead atoms. The number of carbonyl (C=O) groups is 1. The third-order valence-electron chi connectivity index (χ3n) is 2.55. The second-order valence-electron chi connectivity index (χ2n) is 3.90. The molecule has 0 amide bonds. The monoisotopic (exact) mass is 253 g/mol. The number of rotatable bonds is 7. The number of thioether (sulfide) groups is 1. The Labute approximate surface area is 107 Å². The number of benzene rings is 1. The normalized spacial score (nSPS) is 12.4. The summed E-state index contributed by atoms with van der Waals surface area (Å²) < 4.78 is 4.94. The zero-order valence-electron chi connectivity index (χ0n) is 10.3. The Hall–Kier alpha value is -0.840. The van der Waals surface area contributed by atoms with Gasteiger partial charge in [-0.2, -0.15) is 0 Å². The van der Waals surface area contributed by atoms with Crippen molar-refractivity contribution < 1.29 is 9.53 Å². The third kappa shape index (κ3) is 4.89. The van der Waals surface area contributed by atoms with E-state index in [9.17, 15) is 4.79 Å². The smallest absolute Gasteiger partial charge is 0.164 e. The van der Waals surface area contributed by atoms with E-state index in [1.165, 1.54) is 0 Å². The first-order valence-corrected chi connectivity index (χ1v) is 6.81.